The summed E-state index contributed by atoms with van der Waals surface area (Å²) in [6, 6.07) is 11.1. The smallest absolute Gasteiger partial charge is 0.257 e. The van der Waals surface area contributed by atoms with Gasteiger partial charge in [-0.15, -0.1) is 21.5 Å². The molecule has 0 spiro atoms. The van der Waals surface area contributed by atoms with E-state index in [1.54, 1.807) is 12.1 Å². The molecule has 0 aliphatic carbocycles. The van der Waals surface area contributed by atoms with Gasteiger partial charge in [-0.2, -0.15) is 0 Å². The summed E-state index contributed by atoms with van der Waals surface area (Å²) in [6.45, 7) is 0.184. The Morgan fingerprint density at radius 2 is 2.05 bits per heavy atom. The van der Waals surface area contributed by atoms with Crippen molar-refractivity contribution in [1.82, 2.24) is 10.2 Å². The zero-order chi connectivity index (χ0) is 13.9. The first-order chi connectivity index (χ1) is 9.72. The van der Waals surface area contributed by atoms with Crippen LogP contribution in [0.1, 0.15) is 5.89 Å². The molecule has 4 nitrogen and oxygen atoms in total. The molecule has 0 radical (unpaired) electrons. The minimum absolute atomic E-state index is 0.184. The first-order valence-electron chi connectivity index (χ1n) is 5.68. The molecular formula is C13H8BrClN2O2S. The van der Waals surface area contributed by atoms with Crippen LogP contribution < -0.4 is 4.74 Å². The van der Waals surface area contributed by atoms with E-state index in [1.165, 1.54) is 11.3 Å². The van der Waals surface area contributed by atoms with Gasteiger partial charge in [0.05, 0.1) is 13.7 Å². The summed E-state index contributed by atoms with van der Waals surface area (Å²) >= 11 is 10.9. The maximum atomic E-state index is 6.00. The highest BCUT2D eigenvalue weighted by molar-refractivity contribution is 9.11. The summed E-state index contributed by atoms with van der Waals surface area (Å²) in [6.07, 6.45) is 0. The van der Waals surface area contributed by atoms with Gasteiger partial charge < -0.3 is 9.15 Å². The van der Waals surface area contributed by atoms with E-state index in [0.29, 0.717) is 22.6 Å². The molecule has 0 amide bonds. The molecule has 0 atom stereocenters. The molecule has 0 fully saturated rings. The maximum absolute atomic E-state index is 6.00. The van der Waals surface area contributed by atoms with Crippen LogP contribution in [-0.4, -0.2) is 10.2 Å². The largest absolute Gasteiger partial charge is 0.482 e. The first kappa shape index (κ1) is 13.6. The van der Waals surface area contributed by atoms with Crippen molar-refractivity contribution in [2.24, 2.45) is 0 Å². The van der Waals surface area contributed by atoms with E-state index in [2.05, 4.69) is 26.1 Å². The third kappa shape index (κ3) is 3.03. The normalized spacial score (nSPS) is 10.7. The summed E-state index contributed by atoms with van der Waals surface area (Å²) in [4.78, 5) is 0.911. The molecule has 0 saturated heterocycles. The van der Waals surface area contributed by atoms with Gasteiger partial charge in [-0.25, -0.2) is 0 Å². The van der Waals surface area contributed by atoms with Gasteiger partial charge in [0.2, 0.25) is 0 Å². The number of hydrogen-bond donors (Lipinski definition) is 0. The Morgan fingerprint density at radius 1 is 1.20 bits per heavy atom. The third-order valence-corrected chi connectivity index (χ3v) is 4.36. The Morgan fingerprint density at radius 3 is 2.80 bits per heavy atom. The SMILES string of the molecule is Clc1ccccc1OCc1nnc(-c2ccc(Br)s2)o1. The number of nitrogens with zero attached hydrogens (tertiary/aromatic N) is 2. The maximum Gasteiger partial charge on any atom is 0.257 e. The second-order valence-electron chi connectivity index (χ2n) is 3.82. The molecule has 102 valence electrons. The Balaban J connectivity index is 1.70. The summed E-state index contributed by atoms with van der Waals surface area (Å²) < 4.78 is 12.1. The molecule has 20 heavy (non-hydrogen) atoms. The number of hydrogen-bond acceptors (Lipinski definition) is 5. The van der Waals surface area contributed by atoms with E-state index < -0.39 is 0 Å². The van der Waals surface area contributed by atoms with E-state index in [9.17, 15) is 0 Å². The average molecular weight is 372 g/mol. The van der Waals surface area contributed by atoms with Gasteiger partial charge in [0.15, 0.2) is 6.61 Å². The number of halogens is 2. The van der Waals surface area contributed by atoms with Crippen LogP contribution in [0.25, 0.3) is 10.8 Å². The van der Waals surface area contributed by atoms with Crippen LogP contribution in [0.4, 0.5) is 0 Å². The quantitative estimate of drug-likeness (QED) is 0.661. The van der Waals surface area contributed by atoms with Crippen LogP contribution in [0.5, 0.6) is 5.75 Å². The van der Waals surface area contributed by atoms with Gasteiger partial charge in [-0.3, -0.25) is 0 Å². The fraction of sp³-hybridized carbons (Fsp3) is 0.0769. The van der Waals surface area contributed by atoms with Crippen LogP contribution in [0.3, 0.4) is 0 Å². The lowest BCUT2D eigenvalue weighted by Crippen LogP contribution is -1.95. The topological polar surface area (TPSA) is 48.2 Å². The molecule has 0 N–H and O–H groups in total. The monoisotopic (exact) mass is 370 g/mol. The van der Waals surface area contributed by atoms with Crippen molar-refractivity contribution in [3.05, 3.63) is 51.1 Å². The first-order valence-corrected chi connectivity index (χ1v) is 7.66. The molecule has 3 aromatic rings. The molecule has 3 rings (SSSR count). The van der Waals surface area contributed by atoms with Crippen molar-refractivity contribution < 1.29 is 9.15 Å². The fourth-order valence-electron chi connectivity index (χ4n) is 1.54. The van der Waals surface area contributed by atoms with Gasteiger partial charge in [-0.05, 0) is 40.2 Å². The Bertz CT molecular complexity index is 728. The van der Waals surface area contributed by atoms with Crippen LogP contribution in [0.15, 0.2) is 44.6 Å². The molecule has 0 aliphatic heterocycles. The molecule has 0 bridgehead atoms. The van der Waals surface area contributed by atoms with Crippen LogP contribution in [0, 0.1) is 0 Å². The van der Waals surface area contributed by atoms with E-state index in [4.69, 9.17) is 20.8 Å². The predicted octanol–water partition coefficient (Wildman–Crippen LogP) is 4.79. The van der Waals surface area contributed by atoms with E-state index in [0.717, 1.165) is 8.66 Å². The summed E-state index contributed by atoms with van der Waals surface area (Å²) in [5, 5.41) is 8.50. The molecule has 1 aromatic carbocycles. The second-order valence-corrected chi connectivity index (χ2v) is 6.69. The molecule has 2 aromatic heterocycles. The fourth-order valence-corrected chi connectivity index (χ4v) is 3.04. The second kappa shape index (κ2) is 5.95. The highest BCUT2D eigenvalue weighted by atomic mass is 79.9. The molecule has 0 saturated carbocycles. The zero-order valence-corrected chi connectivity index (χ0v) is 13.2. The molecule has 0 aliphatic rings. The Kier molecular flexibility index (Phi) is 4.05. The van der Waals surface area contributed by atoms with Crippen molar-refractivity contribution in [1.29, 1.82) is 0 Å². The number of aromatic nitrogens is 2. The third-order valence-electron chi connectivity index (χ3n) is 2.44. The lowest BCUT2D eigenvalue weighted by atomic mass is 10.3. The van der Waals surface area contributed by atoms with Crippen molar-refractivity contribution in [2.45, 2.75) is 6.61 Å². The summed E-state index contributed by atoms with van der Waals surface area (Å²) in [7, 11) is 0. The van der Waals surface area contributed by atoms with Crippen LogP contribution in [0.2, 0.25) is 5.02 Å². The van der Waals surface area contributed by atoms with Crippen LogP contribution in [-0.2, 0) is 6.61 Å². The molecule has 2 heterocycles. The lowest BCUT2D eigenvalue weighted by molar-refractivity contribution is 0.264. The van der Waals surface area contributed by atoms with Crippen molar-refractivity contribution in [3.8, 4) is 16.5 Å². The summed E-state index contributed by atoms with van der Waals surface area (Å²) in [5.41, 5.74) is 0. The predicted molar refractivity (Wildman–Crippen MR) is 81.1 cm³/mol. The van der Waals surface area contributed by atoms with Crippen LogP contribution >= 0.6 is 38.9 Å². The zero-order valence-electron chi connectivity index (χ0n) is 10.0. The van der Waals surface area contributed by atoms with Gasteiger partial charge in [0.25, 0.3) is 11.8 Å². The van der Waals surface area contributed by atoms with E-state index >= 15 is 0 Å². The van der Waals surface area contributed by atoms with Gasteiger partial charge >= 0.3 is 0 Å². The van der Waals surface area contributed by atoms with Crippen molar-refractivity contribution in [3.63, 3.8) is 0 Å². The number of rotatable bonds is 4. The van der Waals surface area contributed by atoms with Gasteiger partial charge in [0, 0.05) is 0 Å². The number of para-hydroxylation sites is 1. The standard InChI is InChI=1S/C13H8BrClN2O2S/c14-11-6-5-10(20-11)13-17-16-12(19-13)7-18-9-4-2-1-3-8(9)15/h1-6H,7H2. The number of thiophene rings is 1. The minimum atomic E-state index is 0.184. The molecule has 0 unspecified atom stereocenters. The lowest BCUT2D eigenvalue weighted by Gasteiger charge is -2.04. The van der Waals surface area contributed by atoms with E-state index in [-0.39, 0.29) is 6.61 Å². The van der Waals surface area contributed by atoms with Gasteiger partial charge in [-0.1, -0.05) is 23.7 Å². The average Bonchev–Trinajstić information content (AvgIpc) is 3.06. The van der Waals surface area contributed by atoms with Crippen molar-refractivity contribution in [2.75, 3.05) is 0 Å². The number of ether oxygens (including phenoxy) is 1. The Labute approximate surface area is 132 Å². The summed E-state index contributed by atoms with van der Waals surface area (Å²) in [5.74, 6) is 1.48. The highest BCUT2D eigenvalue weighted by Crippen LogP contribution is 2.30. The molecule has 7 heteroatoms. The highest BCUT2D eigenvalue weighted by Gasteiger charge is 2.11. The molecular weight excluding hydrogens is 364 g/mol. The number of benzene rings is 1. The van der Waals surface area contributed by atoms with E-state index in [1.807, 2.05) is 24.3 Å². The van der Waals surface area contributed by atoms with Crippen molar-refractivity contribution >= 4 is 38.9 Å². The minimum Gasteiger partial charge on any atom is -0.482 e. The van der Waals surface area contributed by atoms with Gasteiger partial charge in [0.1, 0.15) is 5.75 Å². The Hall–Kier alpha value is -1.37.